The van der Waals surface area contributed by atoms with Gasteiger partial charge in [0, 0.05) is 13.5 Å². The molecular formula is C7H11ClO3. The lowest BCUT2D eigenvalue weighted by atomic mass is 10.1. The van der Waals surface area contributed by atoms with E-state index in [-0.39, 0.29) is 17.5 Å². The summed E-state index contributed by atoms with van der Waals surface area (Å²) in [6, 6.07) is 0. The van der Waals surface area contributed by atoms with Crippen molar-refractivity contribution < 1.29 is 14.3 Å². The monoisotopic (exact) mass is 178 g/mol. The van der Waals surface area contributed by atoms with Crippen molar-refractivity contribution in [1.29, 1.82) is 0 Å². The van der Waals surface area contributed by atoms with Gasteiger partial charge in [0.25, 0.3) is 0 Å². The Balaban J connectivity index is 2.35. The number of hydrogen-bond acceptors (Lipinski definition) is 3. The minimum atomic E-state index is -0.300. The summed E-state index contributed by atoms with van der Waals surface area (Å²) < 4.78 is 10.00. The van der Waals surface area contributed by atoms with Gasteiger partial charge in [0.2, 0.25) is 0 Å². The van der Waals surface area contributed by atoms with Gasteiger partial charge in [-0.15, -0.1) is 11.6 Å². The average Bonchev–Trinajstić information content (AvgIpc) is 1.93. The van der Waals surface area contributed by atoms with Crippen LogP contribution in [-0.4, -0.2) is 30.7 Å². The Morgan fingerprint density at radius 3 is 3.00 bits per heavy atom. The average molecular weight is 179 g/mol. The molecule has 0 N–H and O–H groups in total. The summed E-state index contributed by atoms with van der Waals surface area (Å²) in [5.41, 5.74) is 0. The van der Waals surface area contributed by atoms with Crippen molar-refractivity contribution >= 4 is 17.6 Å². The van der Waals surface area contributed by atoms with E-state index < -0.39 is 0 Å². The van der Waals surface area contributed by atoms with E-state index in [1.165, 1.54) is 6.92 Å². The van der Waals surface area contributed by atoms with E-state index in [1.807, 2.05) is 0 Å². The van der Waals surface area contributed by atoms with E-state index >= 15 is 0 Å². The van der Waals surface area contributed by atoms with Crippen molar-refractivity contribution in [3.63, 3.8) is 0 Å². The Kier molecular flexibility index (Phi) is 3.15. The molecule has 1 saturated heterocycles. The van der Waals surface area contributed by atoms with Gasteiger partial charge in [0.1, 0.15) is 6.10 Å². The smallest absolute Gasteiger partial charge is 0.303 e. The summed E-state index contributed by atoms with van der Waals surface area (Å²) in [5, 5.41) is -0.0901. The van der Waals surface area contributed by atoms with E-state index in [0.29, 0.717) is 13.2 Å². The molecule has 1 fully saturated rings. The zero-order valence-corrected chi connectivity index (χ0v) is 7.13. The SMILES string of the molecule is CC(=O)OC1COCCC1Cl. The Hall–Kier alpha value is -0.280. The van der Waals surface area contributed by atoms with E-state index in [9.17, 15) is 4.79 Å². The topological polar surface area (TPSA) is 35.5 Å². The molecule has 0 bridgehead atoms. The zero-order valence-electron chi connectivity index (χ0n) is 6.38. The van der Waals surface area contributed by atoms with Crippen LogP contribution in [0.1, 0.15) is 13.3 Å². The molecule has 0 radical (unpaired) electrons. The lowest BCUT2D eigenvalue weighted by Crippen LogP contribution is -2.36. The van der Waals surface area contributed by atoms with Crippen molar-refractivity contribution in [2.75, 3.05) is 13.2 Å². The van der Waals surface area contributed by atoms with Gasteiger partial charge in [-0.2, -0.15) is 0 Å². The molecule has 1 aliphatic rings. The molecular weight excluding hydrogens is 168 g/mol. The van der Waals surface area contributed by atoms with Crippen molar-refractivity contribution in [1.82, 2.24) is 0 Å². The quantitative estimate of drug-likeness (QED) is 0.443. The molecule has 0 aliphatic carbocycles. The normalized spacial score (nSPS) is 31.5. The number of halogens is 1. The van der Waals surface area contributed by atoms with Gasteiger partial charge in [0.15, 0.2) is 0 Å². The van der Waals surface area contributed by atoms with Gasteiger partial charge in [-0.05, 0) is 6.42 Å². The molecule has 2 atom stereocenters. The molecule has 1 rings (SSSR count). The maximum Gasteiger partial charge on any atom is 0.303 e. The Morgan fingerprint density at radius 1 is 1.73 bits per heavy atom. The van der Waals surface area contributed by atoms with E-state index in [1.54, 1.807) is 0 Å². The van der Waals surface area contributed by atoms with Crippen LogP contribution in [0.25, 0.3) is 0 Å². The largest absolute Gasteiger partial charge is 0.459 e. The van der Waals surface area contributed by atoms with Crippen LogP contribution in [0, 0.1) is 0 Å². The Bertz CT molecular complexity index is 149. The predicted octanol–water partition coefficient (Wildman–Crippen LogP) is 0.946. The number of hydrogen-bond donors (Lipinski definition) is 0. The van der Waals surface area contributed by atoms with Crippen LogP contribution >= 0.6 is 11.6 Å². The highest BCUT2D eigenvalue weighted by molar-refractivity contribution is 6.21. The molecule has 0 saturated carbocycles. The maximum absolute atomic E-state index is 10.5. The fourth-order valence-corrected chi connectivity index (χ4v) is 1.22. The van der Waals surface area contributed by atoms with Crippen LogP contribution < -0.4 is 0 Å². The number of esters is 1. The Labute approximate surface area is 70.6 Å². The van der Waals surface area contributed by atoms with Crippen LogP contribution in [0.15, 0.2) is 0 Å². The lowest BCUT2D eigenvalue weighted by molar-refractivity contribution is -0.152. The van der Waals surface area contributed by atoms with Crippen molar-refractivity contribution in [3.05, 3.63) is 0 Å². The molecule has 1 aliphatic heterocycles. The third kappa shape index (κ3) is 2.67. The highest BCUT2D eigenvalue weighted by Gasteiger charge is 2.25. The van der Waals surface area contributed by atoms with E-state index in [2.05, 4.69) is 0 Å². The van der Waals surface area contributed by atoms with Gasteiger partial charge < -0.3 is 9.47 Å². The first kappa shape index (κ1) is 8.81. The van der Waals surface area contributed by atoms with Gasteiger partial charge in [-0.25, -0.2) is 0 Å². The maximum atomic E-state index is 10.5. The Morgan fingerprint density at radius 2 is 2.45 bits per heavy atom. The summed E-state index contributed by atoms with van der Waals surface area (Å²) in [7, 11) is 0. The molecule has 1 heterocycles. The van der Waals surface area contributed by atoms with Crippen LogP contribution in [0.2, 0.25) is 0 Å². The predicted molar refractivity (Wildman–Crippen MR) is 40.6 cm³/mol. The molecule has 3 nitrogen and oxygen atoms in total. The lowest BCUT2D eigenvalue weighted by Gasteiger charge is -2.26. The van der Waals surface area contributed by atoms with E-state index in [4.69, 9.17) is 21.1 Å². The highest BCUT2D eigenvalue weighted by Crippen LogP contribution is 2.16. The summed E-state index contributed by atoms with van der Waals surface area (Å²) in [6.45, 7) is 2.46. The fourth-order valence-electron chi connectivity index (χ4n) is 1.01. The van der Waals surface area contributed by atoms with E-state index in [0.717, 1.165) is 6.42 Å². The summed E-state index contributed by atoms with van der Waals surface area (Å²) in [4.78, 5) is 10.5. The number of rotatable bonds is 1. The molecule has 0 aromatic heterocycles. The number of alkyl halides is 1. The molecule has 4 heteroatoms. The summed E-state index contributed by atoms with van der Waals surface area (Å²) >= 11 is 5.87. The first-order chi connectivity index (χ1) is 5.20. The molecule has 11 heavy (non-hydrogen) atoms. The standard InChI is InChI=1S/C7H11ClO3/c1-5(9)11-7-4-10-3-2-6(7)8/h6-7H,2-4H2,1H3. The van der Waals surface area contributed by atoms with Gasteiger partial charge in [-0.1, -0.05) is 0 Å². The van der Waals surface area contributed by atoms with Gasteiger partial charge in [-0.3, -0.25) is 4.79 Å². The van der Waals surface area contributed by atoms with Gasteiger partial charge >= 0.3 is 5.97 Å². The summed E-state index contributed by atoms with van der Waals surface area (Å²) in [5.74, 6) is -0.300. The molecule has 64 valence electrons. The van der Waals surface area contributed by atoms with Crippen LogP contribution in [0.3, 0.4) is 0 Å². The first-order valence-electron chi connectivity index (χ1n) is 3.59. The molecule has 0 aromatic carbocycles. The van der Waals surface area contributed by atoms with Gasteiger partial charge in [0.05, 0.1) is 12.0 Å². The van der Waals surface area contributed by atoms with Crippen molar-refractivity contribution in [3.8, 4) is 0 Å². The molecule has 0 spiro atoms. The minimum absolute atomic E-state index is 0.0901. The highest BCUT2D eigenvalue weighted by atomic mass is 35.5. The number of ether oxygens (including phenoxy) is 2. The van der Waals surface area contributed by atoms with Crippen molar-refractivity contribution in [2.24, 2.45) is 0 Å². The zero-order chi connectivity index (χ0) is 8.27. The second-order valence-corrected chi connectivity index (χ2v) is 3.09. The van der Waals surface area contributed by atoms with Crippen LogP contribution in [0.5, 0.6) is 0 Å². The fraction of sp³-hybridized carbons (Fsp3) is 0.857. The summed E-state index contributed by atoms with van der Waals surface area (Å²) in [6.07, 6.45) is 0.488. The second kappa shape index (κ2) is 3.93. The third-order valence-corrected chi connectivity index (χ3v) is 2.04. The minimum Gasteiger partial charge on any atom is -0.459 e. The number of carbonyl (C=O) groups excluding carboxylic acids is 1. The molecule has 2 unspecified atom stereocenters. The van der Waals surface area contributed by atoms with Crippen LogP contribution in [-0.2, 0) is 14.3 Å². The van der Waals surface area contributed by atoms with Crippen molar-refractivity contribution in [2.45, 2.75) is 24.8 Å². The first-order valence-corrected chi connectivity index (χ1v) is 4.03. The number of carbonyl (C=O) groups is 1. The third-order valence-electron chi connectivity index (χ3n) is 1.54. The molecule has 0 amide bonds. The van der Waals surface area contributed by atoms with Crippen LogP contribution in [0.4, 0.5) is 0 Å². The second-order valence-electron chi connectivity index (χ2n) is 2.53. The molecule has 0 aromatic rings.